The SMILES string of the molecule is CCC(CC)(CN)C(=O)Nc1ccc(F)cc1C.Cl. The number of nitrogens with one attached hydrogen (secondary N) is 1. The van der Waals surface area contributed by atoms with Crippen molar-refractivity contribution in [3.63, 3.8) is 0 Å². The summed E-state index contributed by atoms with van der Waals surface area (Å²) >= 11 is 0. The smallest absolute Gasteiger partial charge is 0.231 e. The summed E-state index contributed by atoms with van der Waals surface area (Å²) in [5, 5.41) is 2.85. The molecule has 0 unspecified atom stereocenters. The van der Waals surface area contributed by atoms with E-state index in [-0.39, 0.29) is 24.1 Å². The van der Waals surface area contributed by atoms with Gasteiger partial charge in [0.05, 0.1) is 5.41 Å². The predicted octanol–water partition coefficient (Wildman–Crippen LogP) is 3.26. The van der Waals surface area contributed by atoms with Gasteiger partial charge in [0, 0.05) is 12.2 Å². The van der Waals surface area contributed by atoms with Gasteiger partial charge in [-0.25, -0.2) is 4.39 Å². The Morgan fingerprint density at radius 3 is 2.37 bits per heavy atom. The Morgan fingerprint density at radius 1 is 1.37 bits per heavy atom. The van der Waals surface area contributed by atoms with Crippen LogP contribution in [0.25, 0.3) is 0 Å². The molecule has 0 fully saturated rings. The van der Waals surface area contributed by atoms with E-state index in [4.69, 9.17) is 5.73 Å². The van der Waals surface area contributed by atoms with Crippen LogP contribution in [0.4, 0.5) is 10.1 Å². The third-order valence-corrected chi connectivity index (χ3v) is 3.66. The molecule has 1 aromatic rings. The number of halogens is 2. The van der Waals surface area contributed by atoms with Gasteiger partial charge in [-0.05, 0) is 43.5 Å². The maximum atomic E-state index is 13.0. The number of nitrogens with two attached hydrogens (primary N) is 1. The first-order chi connectivity index (χ1) is 8.49. The summed E-state index contributed by atoms with van der Waals surface area (Å²) < 4.78 is 13.0. The van der Waals surface area contributed by atoms with Crippen LogP contribution in [0.15, 0.2) is 18.2 Å². The number of hydrogen-bond donors (Lipinski definition) is 2. The lowest BCUT2D eigenvalue weighted by Gasteiger charge is -2.28. The molecule has 0 bridgehead atoms. The normalized spacial score (nSPS) is 10.8. The minimum absolute atomic E-state index is 0. The first kappa shape index (κ1) is 17.9. The molecule has 0 heterocycles. The third kappa shape index (κ3) is 3.91. The van der Waals surface area contributed by atoms with E-state index in [9.17, 15) is 9.18 Å². The fourth-order valence-electron chi connectivity index (χ4n) is 1.97. The number of benzene rings is 1. The highest BCUT2D eigenvalue weighted by atomic mass is 35.5. The highest BCUT2D eigenvalue weighted by Gasteiger charge is 2.33. The quantitative estimate of drug-likeness (QED) is 0.874. The molecule has 1 aromatic carbocycles. The first-order valence-corrected chi connectivity index (χ1v) is 6.26. The molecule has 0 radical (unpaired) electrons. The molecular formula is C14H22ClFN2O. The lowest BCUT2D eigenvalue weighted by Crippen LogP contribution is -2.41. The van der Waals surface area contributed by atoms with Gasteiger partial charge in [-0.15, -0.1) is 12.4 Å². The summed E-state index contributed by atoms with van der Waals surface area (Å²) in [5.41, 5.74) is 6.53. The molecule has 3 nitrogen and oxygen atoms in total. The van der Waals surface area contributed by atoms with Crippen molar-refractivity contribution in [2.24, 2.45) is 11.1 Å². The van der Waals surface area contributed by atoms with E-state index in [0.29, 0.717) is 30.6 Å². The minimum atomic E-state index is -0.541. The van der Waals surface area contributed by atoms with E-state index in [0.717, 1.165) is 0 Å². The monoisotopic (exact) mass is 288 g/mol. The largest absolute Gasteiger partial charge is 0.329 e. The lowest BCUT2D eigenvalue weighted by molar-refractivity contribution is -0.125. The lowest BCUT2D eigenvalue weighted by atomic mass is 9.81. The van der Waals surface area contributed by atoms with Crippen LogP contribution in [0.3, 0.4) is 0 Å². The Labute approximate surface area is 120 Å². The zero-order valence-corrected chi connectivity index (χ0v) is 12.4. The number of rotatable bonds is 5. The molecule has 19 heavy (non-hydrogen) atoms. The van der Waals surface area contributed by atoms with Gasteiger partial charge in [0.25, 0.3) is 0 Å². The second-order valence-electron chi connectivity index (χ2n) is 4.60. The summed E-state index contributed by atoms with van der Waals surface area (Å²) in [6.45, 7) is 5.98. The second kappa shape index (κ2) is 7.46. The van der Waals surface area contributed by atoms with Crippen LogP contribution in [0, 0.1) is 18.2 Å². The Balaban J connectivity index is 0.00000324. The van der Waals surface area contributed by atoms with Gasteiger partial charge in [0.15, 0.2) is 0 Å². The van der Waals surface area contributed by atoms with Gasteiger partial charge in [0.1, 0.15) is 5.82 Å². The molecule has 0 aromatic heterocycles. The zero-order valence-electron chi connectivity index (χ0n) is 11.6. The second-order valence-corrected chi connectivity index (χ2v) is 4.60. The van der Waals surface area contributed by atoms with E-state index < -0.39 is 5.41 Å². The highest BCUT2D eigenvalue weighted by molar-refractivity contribution is 5.96. The number of hydrogen-bond acceptors (Lipinski definition) is 2. The van der Waals surface area contributed by atoms with E-state index in [1.54, 1.807) is 13.0 Å². The van der Waals surface area contributed by atoms with Crippen LogP contribution >= 0.6 is 12.4 Å². The predicted molar refractivity (Wildman–Crippen MR) is 79.1 cm³/mol. The molecule has 0 saturated heterocycles. The summed E-state index contributed by atoms with van der Waals surface area (Å²) in [4.78, 5) is 12.3. The number of aryl methyl sites for hydroxylation is 1. The zero-order chi connectivity index (χ0) is 13.8. The van der Waals surface area contributed by atoms with Crippen LogP contribution in [-0.2, 0) is 4.79 Å². The molecule has 1 rings (SSSR count). The summed E-state index contributed by atoms with van der Waals surface area (Å²) in [7, 11) is 0. The molecule has 108 valence electrons. The van der Waals surface area contributed by atoms with Crippen molar-refractivity contribution in [1.29, 1.82) is 0 Å². The molecule has 0 aliphatic rings. The Kier molecular flexibility index (Phi) is 7.01. The van der Waals surface area contributed by atoms with E-state index >= 15 is 0 Å². The number of carbonyl (C=O) groups is 1. The Bertz CT molecular complexity index is 425. The van der Waals surface area contributed by atoms with Crippen molar-refractivity contribution >= 4 is 24.0 Å². The molecule has 1 amide bonds. The van der Waals surface area contributed by atoms with E-state index in [2.05, 4.69) is 5.32 Å². The summed E-state index contributed by atoms with van der Waals surface area (Å²) in [6.07, 6.45) is 1.37. The van der Waals surface area contributed by atoms with Crippen molar-refractivity contribution in [2.75, 3.05) is 11.9 Å². The van der Waals surface area contributed by atoms with Crippen molar-refractivity contribution in [1.82, 2.24) is 0 Å². The fourth-order valence-corrected chi connectivity index (χ4v) is 1.97. The average Bonchev–Trinajstić information content (AvgIpc) is 2.36. The van der Waals surface area contributed by atoms with Crippen LogP contribution < -0.4 is 11.1 Å². The Morgan fingerprint density at radius 2 is 1.95 bits per heavy atom. The van der Waals surface area contributed by atoms with E-state index in [1.165, 1.54) is 12.1 Å². The molecule has 5 heteroatoms. The molecular weight excluding hydrogens is 267 g/mol. The average molecular weight is 289 g/mol. The molecule has 0 spiro atoms. The molecule has 0 aliphatic carbocycles. The highest BCUT2D eigenvalue weighted by Crippen LogP contribution is 2.27. The third-order valence-electron chi connectivity index (χ3n) is 3.66. The van der Waals surface area contributed by atoms with E-state index in [1.807, 2.05) is 13.8 Å². The number of anilines is 1. The standard InChI is InChI=1S/C14H21FN2O.ClH/c1-4-14(5-2,9-16)13(18)17-12-7-6-11(15)8-10(12)3;/h6-8H,4-5,9,16H2,1-3H3,(H,17,18);1H. The van der Waals surface area contributed by atoms with Crippen LogP contribution in [0.2, 0.25) is 0 Å². The number of carbonyl (C=O) groups excluding carboxylic acids is 1. The maximum Gasteiger partial charge on any atom is 0.231 e. The van der Waals surface area contributed by atoms with Gasteiger partial charge >= 0.3 is 0 Å². The summed E-state index contributed by atoms with van der Waals surface area (Å²) in [6, 6.07) is 4.32. The topological polar surface area (TPSA) is 55.1 Å². The maximum absolute atomic E-state index is 13.0. The minimum Gasteiger partial charge on any atom is -0.329 e. The number of amides is 1. The summed E-state index contributed by atoms with van der Waals surface area (Å²) in [5.74, 6) is -0.397. The van der Waals surface area contributed by atoms with Crippen LogP contribution in [0.1, 0.15) is 32.3 Å². The molecule has 0 aliphatic heterocycles. The fraction of sp³-hybridized carbons (Fsp3) is 0.500. The van der Waals surface area contributed by atoms with Crippen LogP contribution in [-0.4, -0.2) is 12.5 Å². The molecule has 0 saturated carbocycles. The van der Waals surface area contributed by atoms with Crippen molar-refractivity contribution < 1.29 is 9.18 Å². The van der Waals surface area contributed by atoms with Crippen molar-refractivity contribution in [3.8, 4) is 0 Å². The van der Waals surface area contributed by atoms with Crippen molar-refractivity contribution in [2.45, 2.75) is 33.6 Å². The van der Waals surface area contributed by atoms with Gasteiger partial charge in [0.2, 0.25) is 5.91 Å². The first-order valence-electron chi connectivity index (χ1n) is 6.26. The van der Waals surface area contributed by atoms with Gasteiger partial charge in [-0.2, -0.15) is 0 Å². The van der Waals surface area contributed by atoms with Gasteiger partial charge < -0.3 is 11.1 Å². The van der Waals surface area contributed by atoms with Gasteiger partial charge in [-0.1, -0.05) is 13.8 Å². The molecule has 0 atom stereocenters. The van der Waals surface area contributed by atoms with Gasteiger partial charge in [-0.3, -0.25) is 4.79 Å². The molecule has 3 N–H and O–H groups in total. The van der Waals surface area contributed by atoms with Crippen molar-refractivity contribution in [3.05, 3.63) is 29.6 Å². The Hall–Kier alpha value is -1.13. The van der Waals surface area contributed by atoms with Crippen LogP contribution in [0.5, 0.6) is 0 Å².